The molecule has 13 heavy (non-hydrogen) atoms. The molecule has 0 aromatic heterocycles. The molecule has 0 spiro atoms. The normalized spacial score (nSPS) is 22.7. The van der Waals surface area contributed by atoms with Crippen molar-refractivity contribution in [1.29, 1.82) is 0 Å². The van der Waals surface area contributed by atoms with Crippen LogP contribution in [0.2, 0.25) is 19.1 Å². The molecular formula is C8H16O4Si. The molecule has 0 N–H and O–H groups in total. The topological polar surface area (TPSA) is 44.8 Å². The Bertz CT molecular complexity index is 193. The Morgan fingerprint density at radius 2 is 2.31 bits per heavy atom. The van der Waals surface area contributed by atoms with Gasteiger partial charge in [-0.3, -0.25) is 0 Å². The Hall–Kier alpha value is -0.553. The minimum atomic E-state index is -1.51. The molecule has 1 saturated heterocycles. The van der Waals surface area contributed by atoms with Crippen molar-refractivity contribution >= 4 is 14.5 Å². The van der Waals surface area contributed by atoms with Crippen LogP contribution in [0.15, 0.2) is 0 Å². The van der Waals surface area contributed by atoms with Crippen LogP contribution in [0.3, 0.4) is 0 Å². The van der Waals surface area contributed by atoms with Gasteiger partial charge in [-0.2, -0.15) is 0 Å². The van der Waals surface area contributed by atoms with Crippen LogP contribution < -0.4 is 0 Å². The van der Waals surface area contributed by atoms with E-state index in [0.717, 1.165) is 12.5 Å². The SMILES string of the molecule is CO[Si](C)(C)CCC1COC(=O)O1. The van der Waals surface area contributed by atoms with Gasteiger partial charge in [0.25, 0.3) is 0 Å². The zero-order valence-electron chi connectivity index (χ0n) is 8.33. The van der Waals surface area contributed by atoms with Gasteiger partial charge < -0.3 is 13.9 Å². The summed E-state index contributed by atoms with van der Waals surface area (Å²) in [5, 5.41) is 0. The maximum atomic E-state index is 10.6. The molecule has 1 atom stereocenters. The zero-order valence-corrected chi connectivity index (χ0v) is 9.33. The fraction of sp³-hybridized carbons (Fsp3) is 0.875. The lowest BCUT2D eigenvalue weighted by Gasteiger charge is -2.20. The van der Waals surface area contributed by atoms with Gasteiger partial charge in [-0.15, -0.1) is 0 Å². The van der Waals surface area contributed by atoms with Gasteiger partial charge in [0.05, 0.1) is 0 Å². The van der Waals surface area contributed by atoms with Crippen LogP contribution in [-0.4, -0.2) is 34.3 Å². The highest BCUT2D eigenvalue weighted by Gasteiger charge is 2.28. The molecule has 1 heterocycles. The van der Waals surface area contributed by atoms with Crippen molar-refractivity contribution in [3.63, 3.8) is 0 Å². The van der Waals surface area contributed by atoms with Crippen molar-refractivity contribution in [3.05, 3.63) is 0 Å². The van der Waals surface area contributed by atoms with Crippen LogP contribution in [0.4, 0.5) is 4.79 Å². The molecule has 4 nitrogen and oxygen atoms in total. The Morgan fingerprint density at radius 3 is 2.77 bits per heavy atom. The Balaban J connectivity index is 2.23. The van der Waals surface area contributed by atoms with Crippen molar-refractivity contribution < 1.29 is 18.7 Å². The average molecular weight is 204 g/mol. The van der Waals surface area contributed by atoms with Crippen molar-refractivity contribution in [2.45, 2.75) is 31.7 Å². The van der Waals surface area contributed by atoms with Crippen molar-refractivity contribution in [2.24, 2.45) is 0 Å². The van der Waals surface area contributed by atoms with Gasteiger partial charge >= 0.3 is 6.16 Å². The van der Waals surface area contributed by atoms with E-state index >= 15 is 0 Å². The van der Waals surface area contributed by atoms with Crippen molar-refractivity contribution in [3.8, 4) is 0 Å². The van der Waals surface area contributed by atoms with Crippen LogP contribution in [0.1, 0.15) is 6.42 Å². The van der Waals surface area contributed by atoms with E-state index in [0.29, 0.717) is 6.61 Å². The maximum absolute atomic E-state index is 10.6. The highest BCUT2D eigenvalue weighted by Crippen LogP contribution is 2.18. The Kier molecular flexibility index (Phi) is 3.32. The quantitative estimate of drug-likeness (QED) is 0.517. The number of cyclic esters (lactones) is 2. The van der Waals surface area contributed by atoms with Crippen LogP contribution >= 0.6 is 0 Å². The van der Waals surface area contributed by atoms with E-state index in [1.165, 1.54) is 0 Å². The monoisotopic (exact) mass is 204 g/mol. The summed E-state index contributed by atoms with van der Waals surface area (Å²) in [6.45, 7) is 4.68. The number of ether oxygens (including phenoxy) is 2. The number of rotatable bonds is 4. The number of carbonyl (C=O) groups is 1. The highest BCUT2D eigenvalue weighted by atomic mass is 28.4. The first-order valence-corrected chi connectivity index (χ1v) is 7.53. The summed E-state index contributed by atoms with van der Waals surface area (Å²) in [7, 11) is 0.226. The van der Waals surface area contributed by atoms with Gasteiger partial charge in [0.1, 0.15) is 12.7 Å². The summed E-state index contributed by atoms with van der Waals surface area (Å²) in [4.78, 5) is 10.6. The molecule has 1 aliphatic heterocycles. The van der Waals surface area contributed by atoms with Gasteiger partial charge in [0, 0.05) is 7.11 Å². The van der Waals surface area contributed by atoms with Crippen molar-refractivity contribution in [1.82, 2.24) is 0 Å². The predicted molar refractivity (Wildman–Crippen MR) is 50.1 cm³/mol. The van der Waals surface area contributed by atoms with Gasteiger partial charge in [-0.25, -0.2) is 4.79 Å². The first-order chi connectivity index (χ1) is 6.03. The van der Waals surface area contributed by atoms with Gasteiger partial charge in [0.2, 0.25) is 0 Å². The molecule has 0 radical (unpaired) electrons. The highest BCUT2D eigenvalue weighted by molar-refractivity contribution is 6.71. The molecule has 0 saturated carbocycles. The lowest BCUT2D eigenvalue weighted by Crippen LogP contribution is -2.30. The molecule has 0 amide bonds. The molecule has 0 aromatic rings. The maximum Gasteiger partial charge on any atom is 0.508 e. The second-order valence-corrected chi connectivity index (χ2v) is 8.23. The summed E-state index contributed by atoms with van der Waals surface area (Å²) in [5.41, 5.74) is 0. The summed E-state index contributed by atoms with van der Waals surface area (Å²) < 4.78 is 15.0. The van der Waals surface area contributed by atoms with Gasteiger partial charge in [-0.1, -0.05) is 0 Å². The number of hydrogen-bond donors (Lipinski definition) is 0. The molecule has 1 fully saturated rings. The molecule has 0 bridgehead atoms. The van der Waals surface area contributed by atoms with E-state index in [-0.39, 0.29) is 6.10 Å². The van der Waals surface area contributed by atoms with E-state index in [1.54, 1.807) is 7.11 Å². The van der Waals surface area contributed by atoms with Crippen LogP contribution in [0.5, 0.6) is 0 Å². The van der Waals surface area contributed by atoms with Crippen LogP contribution in [0, 0.1) is 0 Å². The molecule has 76 valence electrons. The minimum absolute atomic E-state index is 0.0607. The predicted octanol–water partition coefficient (Wildman–Crippen LogP) is 1.76. The first-order valence-electron chi connectivity index (χ1n) is 4.42. The van der Waals surface area contributed by atoms with E-state index in [1.807, 2.05) is 0 Å². The smallest absolute Gasteiger partial charge is 0.430 e. The third-order valence-electron chi connectivity index (χ3n) is 2.27. The lowest BCUT2D eigenvalue weighted by atomic mass is 10.3. The van der Waals surface area contributed by atoms with E-state index in [9.17, 15) is 4.79 Å². The summed E-state index contributed by atoms with van der Waals surface area (Å²) in [5.74, 6) is 0. The molecule has 0 aliphatic carbocycles. The van der Waals surface area contributed by atoms with Crippen molar-refractivity contribution in [2.75, 3.05) is 13.7 Å². The largest absolute Gasteiger partial charge is 0.508 e. The average Bonchev–Trinajstić information content (AvgIpc) is 2.48. The molecule has 1 unspecified atom stereocenters. The molecular weight excluding hydrogens is 188 g/mol. The Morgan fingerprint density at radius 1 is 1.62 bits per heavy atom. The third kappa shape index (κ3) is 3.36. The van der Waals surface area contributed by atoms with Gasteiger partial charge in [0.15, 0.2) is 8.32 Å². The summed E-state index contributed by atoms with van der Waals surface area (Å²) >= 11 is 0. The fourth-order valence-corrected chi connectivity index (χ4v) is 2.34. The van der Waals surface area contributed by atoms with E-state index in [2.05, 4.69) is 17.8 Å². The summed E-state index contributed by atoms with van der Waals surface area (Å²) in [6, 6.07) is 0.991. The third-order valence-corrected chi connectivity index (χ3v) is 4.87. The van der Waals surface area contributed by atoms with Crippen LogP contribution in [0.25, 0.3) is 0 Å². The second-order valence-electron chi connectivity index (χ2n) is 3.80. The molecule has 0 aromatic carbocycles. The zero-order chi connectivity index (χ0) is 9.90. The minimum Gasteiger partial charge on any atom is -0.430 e. The number of hydrogen-bond acceptors (Lipinski definition) is 4. The van der Waals surface area contributed by atoms with E-state index in [4.69, 9.17) is 9.16 Å². The molecule has 1 aliphatic rings. The van der Waals surface area contributed by atoms with Crippen LogP contribution in [-0.2, 0) is 13.9 Å². The number of carbonyl (C=O) groups excluding carboxylic acids is 1. The standard InChI is InChI=1S/C8H16O4Si/c1-10-13(2,3)5-4-7-6-11-8(9)12-7/h7H,4-6H2,1-3H3. The first kappa shape index (κ1) is 10.5. The fourth-order valence-electron chi connectivity index (χ4n) is 1.12. The molecule has 1 rings (SSSR count). The second kappa shape index (κ2) is 4.10. The van der Waals surface area contributed by atoms with Gasteiger partial charge in [-0.05, 0) is 25.6 Å². The molecule has 5 heteroatoms. The van der Waals surface area contributed by atoms with E-state index < -0.39 is 14.5 Å². The Labute approximate surface area is 79.3 Å². The summed E-state index contributed by atoms with van der Waals surface area (Å²) in [6.07, 6.45) is 0.245. The lowest BCUT2D eigenvalue weighted by molar-refractivity contribution is 0.117.